The molecule has 0 saturated heterocycles. The number of carbonyl (C=O) groups is 2. The Morgan fingerprint density at radius 2 is 1.75 bits per heavy atom. The number of ether oxygens (including phenoxy) is 3. The zero-order chi connectivity index (χ0) is 15.1. The van der Waals surface area contributed by atoms with E-state index in [0.717, 1.165) is 0 Å². The molecule has 9 nitrogen and oxygen atoms in total. The van der Waals surface area contributed by atoms with Crippen LogP contribution in [0.15, 0.2) is 0 Å². The molecule has 3 N–H and O–H groups in total. The Balaban J connectivity index is 3.34. The lowest BCUT2D eigenvalue weighted by Gasteiger charge is -2.07. The highest BCUT2D eigenvalue weighted by atomic mass is 16.7. The van der Waals surface area contributed by atoms with Gasteiger partial charge in [0.25, 0.3) is 0 Å². The molecular weight excluding hydrogens is 272 g/mol. The number of amides is 1. The fourth-order valence-corrected chi connectivity index (χ4v) is 1.02. The summed E-state index contributed by atoms with van der Waals surface area (Å²) in [5.41, 5.74) is 2.19. The summed E-state index contributed by atoms with van der Waals surface area (Å²) in [4.78, 5) is 31.6. The van der Waals surface area contributed by atoms with Crippen molar-refractivity contribution >= 4 is 11.9 Å². The van der Waals surface area contributed by atoms with Gasteiger partial charge in [-0.3, -0.25) is 14.4 Å². The summed E-state index contributed by atoms with van der Waals surface area (Å²) in [5, 5.41) is 0. The van der Waals surface area contributed by atoms with Crippen LogP contribution in [0, 0.1) is 0 Å². The average Bonchev–Trinajstić information content (AvgIpc) is 2.44. The highest BCUT2D eigenvalue weighted by Gasteiger charge is 2.07. The molecule has 0 bridgehead atoms. The second-order valence-electron chi connectivity index (χ2n) is 3.57. The van der Waals surface area contributed by atoms with E-state index >= 15 is 0 Å². The quantitative estimate of drug-likeness (QED) is 0.250. The molecule has 9 heteroatoms. The molecule has 0 aromatic carbocycles. The minimum absolute atomic E-state index is 0.00626. The summed E-state index contributed by atoms with van der Waals surface area (Å²) in [6.45, 7) is 1.63. The molecule has 0 rings (SSSR count). The van der Waals surface area contributed by atoms with Crippen molar-refractivity contribution in [1.29, 1.82) is 0 Å². The molecule has 0 unspecified atom stereocenters. The summed E-state index contributed by atoms with van der Waals surface area (Å²) >= 11 is 0. The van der Waals surface area contributed by atoms with Gasteiger partial charge in [0, 0.05) is 13.5 Å². The second-order valence-corrected chi connectivity index (χ2v) is 3.57. The van der Waals surface area contributed by atoms with Crippen LogP contribution in [0.2, 0.25) is 0 Å². The van der Waals surface area contributed by atoms with Crippen molar-refractivity contribution in [2.75, 3.05) is 46.8 Å². The Kier molecular flexibility index (Phi) is 13.3. The van der Waals surface area contributed by atoms with Crippen LogP contribution < -0.4 is 11.4 Å². The molecule has 0 spiro atoms. The number of hydrogen-bond acceptors (Lipinski definition) is 8. The monoisotopic (exact) mass is 294 g/mol. The first-order valence-corrected chi connectivity index (χ1v) is 6.15. The zero-order valence-corrected chi connectivity index (χ0v) is 11.6. The predicted octanol–water partition coefficient (Wildman–Crippen LogP) is -1.09. The van der Waals surface area contributed by atoms with Crippen molar-refractivity contribution in [2.45, 2.75) is 12.8 Å². The fourth-order valence-electron chi connectivity index (χ4n) is 1.02. The normalized spacial score (nSPS) is 10.3. The van der Waals surface area contributed by atoms with Gasteiger partial charge in [-0.25, -0.2) is 11.4 Å². The number of rotatable bonds is 13. The molecule has 0 aliphatic rings. The van der Waals surface area contributed by atoms with Crippen LogP contribution in [-0.4, -0.2) is 58.6 Å². The maximum Gasteiger partial charge on any atom is 0.306 e. The van der Waals surface area contributed by atoms with Crippen molar-refractivity contribution in [3.8, 4) is 0 Å². The van der Waals surface area contributed by atoms with E-state index in [1.54, 1.807) is 0 Å². The second kappa shape index (κ2) is 14.2. The van der Waals surface area contributed by atoms with Gasteiger partial charge in [-0.2, -0.15) is 0 Å². The first-order valence-electron chi connectivity index (χ1n) is 6.15. The van der Waals surface area contributed by atoms with Gasteiger partial charge < -0.3 is 19.0 Å². The summed E-state index contributed by atoms with van der Waals surface area (Å²) in [6, 6.07) is 0. The number of carbonyl (C=O) groups excluding carboxylic acids is 2. The van der Waals surface area contributed by atoms with Gasteiger partial charge in [-0.05, 0) is 0 Å². The standard InChI is InChI=1S/C11H22N2O7/c1-16-4-7-18-11(15)3-2-10(14)13-20-9-6-17-5-8-19-12/h2-9,12H2,1H3,(H,13,14). The van der Waals surface area contributed by atoms with Crippen molar-refractivity contribution < 1.29 is 33.5 Å². The Hall–Kier alpha value is -1.26. The number of nitrogens with two attached hydrogens (primary N) is 1. The van der Waals surface area contributed by atoms with Crippen LogP contribution in [0.4, 0.5) is 0 Å². The van der Waals surface area contributed by atoms with E-state index in [1.165, 1.54) is 7.11 Å². The van der Waals surface area contributed by atoms with Crippen LogP contribution in [0.5, 0.6) is 0 Å². The van der Waals surface area contributed by atoms with Gasteiger partial charge >= 0.3 is 5.97 Å². The van der Waals surface area contributed by atoms with E-state index in [0.29, 0.717) is 19.8 Å². The van der Waals surface area contributed by atoms with E-state index in [1.807, 2.05) is 0 Å². The number of nitrogens with one attached hydrogen (secondary N) is 1. The van der Waals surface area contributed by atoms with Crippen molar-refractivity contribution in [2.24, 2.45) is 5.90 Å². The molecule has 0 saturated carbocycles. The molecule has 0 heterocycles. The van der Waals surface area contributed by atoms with Crippen LogP contribution in [0.3, 0.4) is 0 Å². The largest absolute Gasteiger partial charge is 0.463 e. The predicted molar refractivity (Wildman–Crippen MR) is 67.1 cm³/mol. The molecule has 0 aliphatic carbocycles. The van der Waals surface area contributed by atoms with E-state index in [9.17, 15) is 9.59 Å². The molecular formula is C11H22N2O7. The van der Waals surface area contributed by atoms with Crippen molar-refractivity contribution in [3.05, 3.63) is 0 Å². The number of methoxy groups -OCH3 is 1. The summed E-state index contributed by atoms with van der Waals surface area (Å²) in [5.74, 6) is 3.93. The molecule has 20 heavy (non-hydrogen) atoms. The molecule has 0 radical (unpaired) electrons. The lowest BCUT2D eigenvalue weighted by molar-refractivity contribution is -0.147. The van der Waals surface area contributed by atoms with Gasteiger partial charge in [-0.1, -0.05) is 0 Å². The molecule has 0 fully saturated rings. The van der Waals surface area contributed by atoms with Crippen molar-refractivity contribution in [1.82, 2.24) is 5.48 Å². The Morgan fingerprint density at radius 3 is 2.45 bits per heavy atom. The van der Waals surface area contributed by atoms with Gasteiger partial charge in [0.05, 0.1) is 39.5 Å². The number of esters is 1. The first-order chi connectivity index (χ1) is 9.70. The van der Waals surface area contributed by atoms with Crippen LogP contribution >= 0.6 is 0 Å². The van der Waals surface area contributed by atoms with Gasteiger partial charge in [0.15, 0.2) is 0 Å². The third-order valence-electron chi connectivity index (χ3n) is 1.97. The maximum absolute atomic E-state index is 11.3. The van der Waals surface area contributed by atoms with Gasteiger partial charge in [0.2, 0.25) is 5.91 Å². The Morgan fingerprint density at radius 1 is 1.00 bits per heavy atom. The van der Waals surface area contributed by atoms with E-state index < -0.39 is 11.9 Å². The van der Waals surface area contributed by atoms with Gasteiger partial charge in [0.1, 0.15) is 6.61 Å². The Labute approximate surface area is 117 Å². The maximum atomic E-state index is 11.3. The molecule has 0 aromatic heterocycles. The lowest BCUT2D eigenvalue weighted by Crippen LogP contribution is -2.26. The minimum atomic E-state index is -0.456. The van der Waals surface area contributed by atoms with E-state index in [2.05, 4.69) is 10.3 Å². The number of hydroxylamine groups is 1. The highest BCUT2D eigenvalue weighted by Crippen LogP contribution is 1.93. The summed E-state index contributed by atoms with van der Waals surface area (Å²) < 4.78 is 14.5. The zero-order valence-electron chi connectivity index (χ0n) is 11.6. The summed E-state index contributed by atoms with van der Waals surface area (Å²) in [6.07, 6.45) is -0.0169. The molecule has 0 aliphatic heterocycles. The smallest absolute Gasteiger partial charge is 0.306 e. The topological polar surface area (TPSA) is 118 Å². The third-order valence-corrected chi connectivity index (χ3v) is 1.97. The molecule has 0 aromatic rings. The minimum Gasteiger partial charge on any atom is -0.463 e. The highest BCUT2D eigenvalue weighted by molar-refractivity contribution is 5.80. The van der Waals surface area contributed by atoms with Crippen LogP contribution in [-0.2, 0) is 33.5 Å². The average molecular weight is 294 g/mol. The van der Waals surface area contributed by atoms with Gasteiger partial charge in [-0.15, -0.1) is 0 Å². The van der Waals surface area contributed by atoms with E-state index in [4.69, 9.17) is 24.9 Å². The Bertz CT molecular complexity index is 263. The van der Waals surface area contributed by atoms with Crippen molar-refractivity contribution in [3.63, 3.8) is 0 Å². The van der Waals surface area contributed by atoms with E-state index in [-0.39, 0.29) is 32.7 Å². The first kappa shape index (κ1) is 18.7. The lowest BCUT2D eigenvalue weighted by atomic mass is 10.3. The SMILES string of the molecule is COCCOC(=O)CCC(=O)NOCCOCCON. The third kappa shape index (κ3) is 13.2. The molecule has 1 amide bonds. The van der Waals surface area contributed by atoms with Crippen LogP contribution in [0.1, 0.15) is 12.8 Å². The molecule has 0 atom stereocenters. The van der Waals surface area contributed by atoms with Crippen LogP contribution in [0.25, 0.3) is 0 Å². The number of hydrogen-bond donors (Lipinski definition) is 2. The summed E-state index contributed by atoms with van der Waals surface area (Å²) in [7, 11) is 1.51. The fraction of sp³-hybridized carbons (Fsp3) is 0.818. The molecule has 118 valence electrons.